The molecule has 2 amide bonds. The van der Waals surface area contributed by atoms with Crippen LogP contribution in [0, 0.1) is 0 Å². The van der Waals surface area contributed by atoms with Gasteiger partial charge in [0.1, 0.15) is 13.2 Å². The van der Waals surface area contributed by atoms with Gasteiger partial charge in [0, 0.05) is 24.3 Å². The Bertz CT molecular complexity index is 941. The summed E-state index contributed by atoms with van der Waals surface area (Å²) in [7, 11) is 0. The van der Waals surface area contributed by atoms with E-state index in [1.807, 2.05) is 12.1 Å². The van der Waals surface area contributed by atoms with Crippen LogP contribution in [0.1, 0.15) is 34.6 Å². The minimum Gasteiger partial charge on any atom is -0.486 e. The van der Waals surface area contributed by atoms with E-state index in [0.717, 1.165) is 18.8 Å². The van der Waals surface area contributed by atoms with Crippen molar-refractivity contribution in [3.63, 3.8) is 0 Å². The molecule has 0 atom stereocenters. The number of amides is 2. The van der Waals surface area contributed by atoms with Crippen LogP contribution in [0.25, 0.3) is 0 Å². The summed E-state index contributed by atoms with van der Waals surface area (Å²) in [5, 5.41) is 0. The van der Waals surface area contributed by atoms with E-state index in [2.05, 4.69) is 29.6 Å². The molecule has 164 valence electrons. The summed E-state index contributed by atoms with van der Waals surface area (Å²) >= 11 is 0. The average Bonchev–Trinajstić information content (AvgIpc) is 2.81. The van der Waals surface area contributed by atoms with Crippen molar-refractivity contribution in [2.24, 2.45) is 0 Å². The molecule has 0 radical (unpaired) electrons. The molecule has 0 unspecified atom stereocenters. The number of carbonyl (C=O) groups excluding carboxylic acids is 3. The van der Waals surface area contributed by atoms with Crippen LogP contribution in [0.4, 0.5) is 5.69 Å². The van der Waals surface area contributed by atoms with E-state index in [9.17, 15) is 14.4 Å². The van der Waals surface area contributed by atoms with Gasteiger partial charge in [0.15, 0.2) is 18.1 Å². The highest BCUT2D eigenvalue weighted by molar-refractivity contribution is 5.96. The van der Waals surface area contributed by atoms with Gasteiger partial charge >= 0.3 is 5.97 Å². The van der Waals surface area contributed by atoms with Crippen molar-refractivity contribution in [3.8, 4) is 11.5 Å². The minimum absolute atomic E-state index is 0.231. The third kappa shape index (κ3) is 5.65. The minimum atomic E-state index is -0.689. The van der Waals surface area contributed by atoms with Crippen molar-refractivity contribution < 1.29 is 28.6 Å². The number of ether oxygens (including phenoxy) is 3. The molecule has 0 aromatic heterocycles. The summed E-state index contributed by atoms with van der Waals surface area (Å²) in [6, 6.07) is 11.7. The van der Waals surface area contributed by atoms with E-state index in [1.54, 1.807) is 18.2 Å². The van der Waals surface area contributed by atoms with Crippen molar-refractivity contribution in [1.82, 2.24) is 10.9 Å². The van der Waals surface area contributed by atoms with E-state index >= 15 is 0 Å². The lowest BCUT2D eigenvalue weighted by Crippen LogP contribution is -2.43. The van der Waals surface area contributed by atoms with Crippen molar-refractivity contribution in [2.75, 3.05) is 37.8 Å². The van der Waals surface area contributed by atoms with Crippen LogP contribution in [-0.2, 0) is 9.53 Å². The van der Waals surface area contributed by atoms with Crippen molar-refractivity contribution >= 4 is 23.5 Å². The predicted octanol–water partition coefficient (Wildman–Crippen LogP) is 1.92. The second-order valence-electron chi connectivity index (χ2n) is 6.66. The smallest absolute Gasteiger partial charge is 0.338 e. The third-order valence-electron chi connectivity index (χ3n) is 4.69. The molecule has 9 nitrogen and oxygen atoms in total. The molecule has 0 spiro atoms. The molecule has 1 aliphatic heterocycles. The van der Waals surface area contributed by atoms with Crippen molar-refractivity contribution in [3.05, 3.63) is 53.6 Å². The number of anilines is 1. The first-order valence-corrected chi connectivity index (χ1v) is 10.0. The van der Waals surface area contributed by atoms with Gasteiger partial charge in [0.2, 0.25) is 0 Å². The lowest BCUT2D eigenvalue weighted by Gasteiger charge is -2.21. The summed E-state index contributed by atoms with van der Waals surface area (Å²) in [5.74, 6) is -0.833. The van der Waals surface area contributed by atoms with E-state index < -0.39 is 24.4 Å². The lowest BCUT2D eigenvalue weighted by atomic mass is 10.2. The third-order valence-corrected chi connectivity index (χ3v) is 4.69. The molecule has 0 aliphatic carbocycles. The standard InChI is InChI=1S/C22H25N3O6/c1-3-25(4-2)17-8-5-15(6-9-17)21(27)24-23-20(26)14-31-22(28)16-7-10-18-19(13-16)30-12-11-29-18/h5-10,13H,3-4,11-12,14H2,1-2H3,(H,23,26)(H,24,27). The number of rotatable bonds is 7. The van der Waals surface area contributed by atoms with E-state index in [4.69, 9.17) is 14.2 Å². The van der Waals surface area contributed by atoms with Crippen LogP contribution in [0.15, 0.2) is 42.5 Å². The number of hydrazine groups is 1. The summed E-state index contributed by atoms with van der Waals surface area (Å²) in [5.41, 5.74) is 6.16. The van der Waals surface area contributed by atoms with Crippen LogP contribution in [0.5, 0.6) is 11.5 Å². The molecule has 0 bridgehead atoms. The van der Waals surface area contributed by atoms with Gasteiger partial charge in [-0.15, -0.1) is 0 Å². The molecule has 1 aliphatic rings. The normalized spacial score (nSPS) is 11.9. The Kier molecular flexibility index (Phi) is 7.31. The Morgan fingerprint density at radius 1 is 0.903 bits per heavy atom. The molecule has 3 rings (SSSR count). The highest BCUT2D eigenvalue weighted by atomic mass is 16.6. The van der Waals surface area contributed by atoms with Crippen LogP contribution in [0.2, 0.25) is 0 Å². The van der Waals surface area contributed by atoms with E-state index in [0.29, 0.717) is 30.3 Å². The van der Waals surface area contributed by atoms with Crippen molar-refractivity contribution in [1.29, 1.82) is 0 Å². The zero-order chi connectivity index (χ0) is 22.2. The van der Waals surface area contributed by atoms with Gasteiger partial charge in [-0.3, -0.25) is 20.4 Å². The monoisotopic (exact) mass is 427 g/mol. The average molecular weight is 427 g/mol. The summed E-state index contributed by atoms with van der Waals surface area (Å²) in [6.45, 7) is 6.13. The van der Waals surface area contributed by atoms with E-state index in [-0.39, 0.29) is 5.56 Å². The molecule has 9 heteroatoms. The quantitative estimate of drug-likeness (QED) is 0.514. The predicted molar refractivity (Wildman–Crippen MR) is 113 cm³/mol. The molecule has 31 heavy (non-hydrogen) atoms. The maximum Gasteiger partial charge on any atom is 0.338 e. The van der Waals surface area contributed by atoms with Crippen LogP contribution in [0.3, 0.4) is 0 Å². The maximum absolute atomic E-state index is 12.2. The Labute approximate surface area is 180 Å². The number of hydrogen-bond donors (Lipinski definition) is 2. The molecule has 0 fully saturated rings. The van der Waals surface area contributed by atoms with Gasteiger partial charge in [-0.05, 0) is 56.3 Å². The molecule has 0 saturated carbocycles. The van der Waals surface area contributed by atoms with Gasteiger partial charge in [-0.1, -0.05) is 0 Å². The van der Waals surface area contributed by atoms with Crippen LogP contribution < -0.4 is 25.2 Å². The number of nitrogens with zero attached hydrogens (tertiary/aromatic N) is 1. The molecule has 2 aromatic rings. The lowest BCUT2D eigenvalue weighted by molar-refractivity contribution is -0.125. The Morgan fingerprint density at radius 3 is 2.23 bits per heavy atom. The first kappa shape index (κ1) is 21.9. The number of fused-ring (bicyclic) bond motifs is 1. The fourth-order valence-electron chi connectivity index (χ4n) is 3.03. The van der Waals surface area contributed by atoms with Gasteiger partial charge < -0.3 is 19.1 Å². The second-order valence-corrected chi connectivity index (χ2v) is 6.66. The van der Waals surface area contributed by atoms with Gasteiger partial charge in [-0.25, -0.2) is 4.79 Å². The molecule has 0 saturated heterocycles. The first-order chi connectivity index (χ1) is 15.0. The Hall–Kier alpha value is -3.75. The summed E-state index contributed by atoms with van der Waals surface area (Å²) in [6.07, 6.45) is 0. The zero-order valence-electron chi connectivity index (χ0n) is 17.5. The molecular formula is C22H25N3O6. The number of esters is 1. The molecule has 2 N–H and O–H groups in total. The number of carbonyl (C=O) groups is 3. The highest BCUT2D eigenvalue weighted by Crippen LogP contribution is 2.30. The Morgan fingerprint density at radius 2 is 1.55 bits per heavy atom. The fourth-order valence-corrected chi connectivity index (χ4v) is 3.03. The topological polar surface area (TPSA) is 106 Å². The van der Waals surface area contributed by atoms with Crippen LogP contribution >= 0.6 is 0 Å². The van der Waals surface area contributed by atoms with Gasteiger partial charge in [0.05, 0.1) is 5.56 Å². The fraction of sp³-hybridized carbons (Fsp3) is 0.318. The van der Waals surface area contributed by atoms with Gasteiger partial charge in [0.25, 0.3) is 11.8 Å². The first-order valence-electron chi connectivity index (χ1n) is 10.0. The summed E-state index contributed by atoms with van der Waals surface area (Å²) < 4.78 is 15.8. The largest absolute Gasteiger partial charge is 0.486 e. The SMILES string of the molecule is CCN(CC)c1ccc(C(=O)NNC(=O)COC(=O)c2ccc3c(c2)OCCO3)cc1. The van der Waals surface area contributed by atoms with Crippen molar-refractivity contribution in [2.45, 2.75) is 13.8 Å². The number of hydrogen-bond acceptors (Lipinski definition) is 7. The molecule has 1 heterocycles. The Balaban J connectivity index is 1.45. The summed E-state index contributed by atoms with van der Waals surface area (Å²) in [4.78, 5) is 38.4. The zero-order valence-corrected chi connectivity index (χ0v) is 17.5. The van der Waals surface area contributed by atoms with Gasteiger partial charge in [-0.2, -0.15) is 0 Å². The number of nitrogens with one attached hydrogen (secondary N) is 2. The second kappa shape index (κ2) is 10.3. The van der Waals surface area contributed by atoms with Crippen LogP contribution in [-0.4, -0.2) is 50.7 Å². The van der Waals surface area contributed by atoms with E-state index in [1.165, 1.54) is 12.1 Å². The molecule has 2 aromatic carbocycles. The highest BCUT2D eigenvalue weighted by Gasteiger charge is 2.17. The number of benzene rings is 2. The maximum atomic E-state index is 12.2. The molecular weight excluding hydrogens is 402 g/mol.